The van der Waals surface area contributed by atoms with Crippen LogP contribution in [0.3, 0.4) is 0 Å². The fourth-order valence-corrected chi connectivity index (χ4v) is 6.29. The molecule has 5 nitrogen and oxygen atoms in total. The van der Waals surface area contributed by atoms with Crippen molar-refractivity contribution in [3.8, 4) is 10.4 Å². The fraction of sp³-hybridized carbons (Fsp3) is 0.433. The average Bonchev–Trinajstić information content (AvgIpc) is 3.38. The van der Waals surface area contributed by atoms with Gasteiger partial charge in [0, 0.05) is 47.5 Å². The molecule has 0 saturated carbocycles. The molecule has 5 rings (SSSR count). The maximum atomic E-state index is 12.7. The van der Waals surface area contributed by atoms with E-state index >= 15 is 0 Å². The van der Waals surface area contributed by atoms with Crippen LogP contribution in [0.2, 0.25) is 0 Å². The Morgan fingerprint density at radius 2 is 1.86 bits per heavy atom. The van der Waals surface area contributed by atoms with E-state index in [0.29, 0.717) is 12.6 Å². The van der Waals surface area contributed by atoms with E-state index in [9.17, 15) is 4.79 Å². The van der Waals surface area contributed by atoms with Gasteiger partial charge in [0.2, 0.25) is 0 Å². The van der Waals surface area contributed by atoms with Crippen LogP contribution < -0.4 is 16.0 Å². The van der Waals surface area contributed by atoms with E-state index in [1.54, 1.807) is 11.3 Å². The number of hydrogen-bond donors (Lipinski definition) is 3. The normalized spacial score (nSPS) is 19.3. The van der Waals surface area contributed by atoms with E-state index in [4.69, 9.17) is 0 Å². The van der Waals surface area contributed by atoms with Crippen molar-refractivity contribution in [2.24, 2.45) is 5.92 Å². The summed E-state index contributed by atoms with van der Waals surface area (Å²) in [6, 6.07) is 21.9. The number of amides is 1. The second-order valence-corrected chi connectivity index (χ2v) is 11.5. The second kappa shape index (κ2) is 12.2. The Labute approximate surface area is 219 Å². The van der Waals surface area contributed by atoms with Gasteiger partial charge in [0.1, 0.15) is 0 Å². The molecule has 0 unspecified atom stereocenters. The smallest absolute Gasteiger partial charge is 0.251 e. The molecule has 3 aromatic rings. The number of piperidine rings is 1. The molecule has 2 fully saturated rings. The van der Waals surface area contributed by atoms with Crippen molar-refractivity contribution in [2.75, 3.05) is 32.7 Å². The quantitative estimate of drug-likeness (QED) is 0.419. The number of nitrogens with one attached hydrogen (secondary N) is 3. The van der Waals surface area contributed by atoms with Crippen LogP contribution in [0.1, 0.15) is 46.1 Å². The van der Waals surface area contributed by atoms with Crippen LogP contribution in [0.4, 0.5) is 0 Å². The van der Waals surface area contributed by atoms with Crippen LogP contribution in [-0.4, -0.2) is 49.6 Å². The van der Waals surface area contributed by atoms with Crippen molar-refractivity contribution >= 4 is 17.2 Å². The number of nitrogens with zero attached hydrogens (tertiary/aromatic N) is 1. The van der Waals surface area contributed by atoms with Crippen LogP contribution in [0.5, 0.6) is 0 Å². The molecule has 0 aliphatic carbocycles. The molecular formula is C30H38N4OS. The Balaban J connectivity index is 1.13. The lowest BCUT2D eigenvalue weighted by molar-refractivity contribution is 0.0951. The molecule has 2 aromatic carbocycles. The summed E-state index contributed by atoms with van der Waals surface area (Å²) in [5, 5.41) is 10.0. The molecule has 0 bridgehead atoms. The van der Waals surface area contributed by atoms with E-state index in [1.165, 1.54) is 39.3 Å². The number of carbonyl (C=O) groups is 1. The maximum Gasteiger partial charge on any atom is 0.251 e. The molecule has 36 heavy (non-hydrogen) atoms. The third kappa shape index (κ3) is 6.83. The van der Waals surface area contributed by atoms with Crippen molar-refractivity contribution in [3.05, 3.63) is 82.2 Å². The van der Waals surface area contributed by atoms with Gasteiger partial charge in [-0.05, 0) is 92.2 Å². The molecule has 1 atom stereocenters. The van der Waals surface area contributed by atoms with Gasteiger partial charge in [-0.15, -0.1) is 11.3 Å². The van der Waals surface area contributed by atoms with Crippen molar-refractivity contribution in [1.29, 1.82) is 0 Å². The highest BCUT2D eigenvalue weighted by Gasteiger charge is 2.16. The predicted molar refractivity (Wildman–Crippen MR) is 149 cm³/mol. The summed E-state index contributed by atoms with van der Waals surface area (Å²) in [7, 11) is 0. The lowest BCUT2D eigenvalue weighted by atomic mass is 9.91. The van der Waals surface area contributed by atoms with Gasteiger partial charge in [-0.25, -0.2) is 0 Å². The summed E-state index contributed by atoms with van der Waals surface area (Å²) in [6.07, 6.45) is 3.59. The average molecular weight is 503 g/mol. The lowest BCUT2D eigenvalue weighted by Gasteiger charge is -2.31. The van der Waals surface area contributed by atoms with Gasteiger partial charge in [0.25, 0.3) is 5.91 Å². The Morgan fingerprint density at radius 3 is 2.67 bits per heavy atom. The summed E-state index contributed by atoms with van der Waals surface area (Å²) >= 11 is 1.76. The third-order valence-electron chi connectivity index (χ3n) is 7.35. The molecule has 190 valence electrons. The molecule has 2 aliphatic heterocycles. The highest BCUT2D eigenvalue weighted by Crippen LogP contribution is 2.29. The van der Waals surface area contributed by atoms with Crippen molar-refractivity contribution in [3.63, 3.8) is 0 Å². The van der Waals surface area contributed by atoms with E-state index in [0.717, 1.165) is 57.2 Å². The summed E-state index contributed by atoms with van der Waals surface area (Å²) in [6.45, 7) is 9.28. The lowest BCUT2D eigenvalue weighted by Crippen LogP contribution is -2.48. The highest BCUT2D eigenvalue weighted by atomic mass is 32.1. The van der Waals surface area contributed by atoms with Gasteiger partial charge in [0.15, 0.2) is 0 Å². The number of hydrogen-bond acceptors (Lipinski definition) is 5. The summed E-state index contributed by atoms with van der Waals surface area (Å²) in [5.74, 6) is 0.746. The van der Waals surface area contributed by atoms with Gasteiger partial charge >= 0.3 is 0 Å². The standard InChI is InChI=1S/C30H38N4OS/c1-22-20-34(16-15-32-22)21-25-3-2-4-27(18-25)29-10-9-28(36-29)19-33-30(35)26-7-5-23(6-8-26)17-24-11-13-31-14-12-24/h2-10,18,22,24,31-32H,11-17,19-21H2,1H3,(H,33,35)/t22-/m0/s1. The Bertz CT molecular complexity index is 1140. The zero-order valence-corrected chi connectivity index (χ0v) is 22.1. The first-order chi connectivity index (χ1) is 17.6. The summed E-state index contributed by atoms with van der Waals surface area (Å²) in [4.78, 5) is 17.7. The second-order valence-electron chi connectivity index (χ2n) is 10.3. The van der Waals surface area contributed by atoms with Gasteiger partial charge in [0.05, 0.1) is 6.54 Å². The largest absolute Gasteiger partial charge is 0.347 e. The number of carbonyl (C=O) groups excluding carboxylic acids is 1. The Hall–Kier alpha value is -2.51. The predicted octanol–water partition coefficient (Wildman–Crippen LogP) is 4.68. The van der Waals surface area contributed by atoms with Crippen molar-refractivity contribution in [2.45, 2.75) is 45.3 Å². The first-order valence-corrected chi connectivity index (χ1v) is 14.2. The molecule has 6 heteroatoms. The topological polar surface area (TPSA) is 56.4 Å². The van der Waals surface area contributed by atoms with Crippen LogP contribution in [0.15, 0.2) is 60.7 Å². The molecule has 0 radical (unpaired) electrons. The van der Waals surface area contributed by atoms with E-state index in [-0.39, 0.29) is 5.91 Å². The molecule has 2 saturated heterocycles. The minimum absolute atomic E-state index is 0.00869. The van der Waals surface area contributed by atoms with Gasteiger partial charge in [-0.2, -0.15) is 0 Å². The minimum Gasteiger partial charge on any atom is -0.347 e. The van der Waals surface area contributed by atoms with Crippen LogP contribution in [0.25, 0.3) is 10.4 Å². The number of piperazine rings is 1. The van der Waals surface area contributed by atoms with Gasteiger partial charge in [-0.3, -0.25) is 9.69 Å². The zero-order valence-electron chi connectivity index (χ0n) is 21.3. The zero-order chi connectivity index (χ0) is 24.7. The molecule has 1 aromatic heterocycles. The molecule has 2 aliphatic rings. The fourth-order valence-electron chi connectivity index (χ4n) is 5.35. The highest BCUT2D eigenvalue weighted by molar-refractivity contribution is 7.15. The van der Waals surface area contributed by atoms with E-state index in [2.05, 4.69) is 76.3 Å². The third-order valence-corrected chi connectivity index (χ3v) is 8.49. The molecule has 0 spiro atoms. The van der Waals surface area contributed by atoms with Crippen LogP contribution in [-0.2, 0) is 19.5 Å². The summed E-state index contributed by atoms with van der Waals surface area (Å²) < 4.78 is 0. The Morgan fingerprint density at radius 1 is 1.03 bits per heavy atom. The molecule has 3 heterocycles. The molecular weight excluding hydrogens is 464 g/mol. The van der Waals surface area contributed by atoms with Gasteiger partial charge in [-0.1, -0.05) is 30.3 Å². The first kappa shape index (κ1) is 25.2. The van der Waals surface area contributed by atoms with Crippen LogP contribution in [0, 0.1) is 5.92 Å². The number of thiophene rings is 1. The van der Waals surface area contributed by atoms with E-state index < -0.39 is 0 Å². The van der Waals surface area contributed by atoms with Crippen LogP contribution >= 0.6 is 11.3 Å². The maximum absolute atomic E-state index is 12.7. The minimum atomic E-state index is -0.00869. The monoisotopic (exact) mass is 502 g/mol. The van der Waals surface area contributed by atoms with Gasteiger partial charge < -0.3 is 16.0 Å². The molecule has 1 amide bonds. The molecule has 3 N–H and O–H groups in total. The van der Waals surface area contributed by atoms with E-state index in [1.807, 2.05) is 12.1 Å². The number of benzene rings is 2. The Kier molecular flexibility index (Phi) is 8.49. The summed E-state index contributed by atoms with van der Waals surface area (Å²) in [5.41, 5.74) is 4.67. The first-order valence-electron chi connectivity index (χ1n) is 13.3. The SMILES string of the molecule is C[C@H]1CN(Cc2cccc(-c3ccc(CNC(=O)c4ccc(CC5CCNCC5)cc4)s3)c2)CCN1. The van der Waals surface area contributed by atoms with Crippen molar-refractivity contribution in [1.82, 2.24) is 20.9 Å². The van der Waals surface area contributed by atoms with Crippen molar-refractivity contribution < 1.29 is 4.79 Å². The number of rotatable bonds is 8.